The second kappa shape index (κ2) is 8.72. The summed E-state index contributed by atoms with van der Waals surface area (Å²) in [6.45, 7) is 10.1. The van der Waals surface area contributed by atoms with Crippen molar-refractivity contribution in [3.05, 3.63) is 0 Å². The SMILES string of the molecule is CCCCOC(=O)C(CO)ON1C(C)(C)CC(OP)CC1(C)C. The van der Waals surface area contributed by atoms with Gasteiger partial charge in [-0.05, 0) is 47.0 Å². The molecule has 6 nitrogen and oxygen atoms in total. The predicted octanol–water partition coefficient (Wildman–Crippen LogP) is 2.45. The van der Waals surface area contributed by atoms with E-state index in [1.165, 1.54) is 0 Å². The van der Waals surface area contributed by atoms with Crippen LogP contribution in [0.3, 0.4) is 0 Å². The Balaban J connectivity index is 2.79. The van der Waals surface area contributed by atoms with Crippen molar-refractivity contribution in [1.29, 1.82) is 0 Å². The van der Waals surface area contributed by atoms with E-state index >= 15 is 0 Å². The van der Waals surface area contributed by atoms with Gasteiger partial charge >= 0.3 is 5.97 Å². The average Bonchev–Trinajstić information content (AvgIpc) is 2.45. The zero-order valence-electron chi connectivity index (χ0n) is 15.0. The first-order valence-electron chi connectivity index (χ1n) is 8.28. The van der Waals surface area contributed by atoms with Gasteiger partial charge in [-0.2, -0.15) is 5.06 Å². The van der Waals surface area contributed by atoms with Crippen LogP contribution in [0.1, 0.15) is 60.3 Å². The van der Waals surface area contributed by atoms with Crippen molar-refractivity contribution in [2.24, 2.45) is 0 Å². The molecule has 0 bridgehead atoms. The predicted molar refractivity (Wildman–Crippen MR) is 91.6 cm³/mol. The zero-order chi connectivity index (χ0) is 17.7. The monoisotopic (exact) mass is 349 g/mol. The highest BCUT2D eigenvalue weighted by Gasteiger charge is 2.48. The Morgan fingerprint density at radius 1 is 1.30 bits per heavy atom. The molecule has 0 radical (unpaired) electrons. The van der Waals surface area contributed by atoms with Gasteiger partial charge in [0.05, 0.1) is 19.3 Å². The molecule has 0 aromatic heterocycles. The molecule has 0 aliphatic carbocycles. The fourth-order valence-electron chi connectivity index (χ4n) is 3.24. The van der Waals surface area contributed by atoms with Crippen LogP contribution in [0.15, 0.2) is 0 Å². The lowest BCUT2D eigenvalue weighted by atomic mass is 9.80. The Bertz CT molecular complexity index is 371. The fourth-order valence-corrected chi connectivity index (χ4v) is 3.43. The molecule has 0 amide bonds. The van der Waals surface area contributed by atoms with Gasteiger partial charge in [-0.1, -0.05) is 13.3 Å². The van der Waals surface area contributed by atoms with Crippen LogP contribution in [-0.4, -0.2) is 52.6 Å². The summed E-state index contributed by atoms with van der Waals surface area (Å²) >= 11 is 0. The van der Waals surface area contributed by atoms with E-state index in [1.54, 1.807) is 0 Å². The minimum atomic E-state index is -1.00. The Kier molecular flexibility index (Phi) is 7.88. The van der Waals surface area contributed by atoms with Crippen molar-refractivity contribution in [3.8, 4) is 0 Å². The number of piperidine rings is 1. The number of hydrogen-bond acceptors (Lipinski definition) is 6. The van der Waals surface area contributed by atoms with E-state index in [2.05, 4.69) is 9.47 Å². The van der Waals surface area contributed by atoms with Crippen LogP contribution in [0.2, 0.25) is 0 Å². The highest BCUT2D eigenvalue weighted by atomic mass is 31.0. The van der Waals surface area contributed by atoms with Crippen molar-refractivity contribution < 1.29 is 24.0 Å². The summed E-state index contributed by atoms with van der Waals surface area (Å²) in [5.74, 6) is -0.517. The molecule has 1 aliphatic rings. The number of aliphatic hydroxyl groups is 1. The minimum absolute atomic E-state index is 0.105. The number of hydrogen-bond donors (Lipinski definition) is 1. The molecular weight excluding hydrogens is 317 g/mol. The first-order chi connectivity index (χ1) is 10.7. The number of rotatable bonds is 8. The van der Waals surface area contributed by atoms with E-state index < -0.39 is 18.7 Å². The van der Waals surface area contributed by atoms with E-state index in [0.29, 0.717) is 6.61 Å². The van der Waals surface area contributed by atoms with Gasteiger partial charge in [0.15, 0.2) is 6.10 Å². The van der Waals surface area contributed by atoms with Crippen LogP contribution in [-0.2, 0) is 18.9 Å². The highest BCUT2D eigenvalue weighted by molar-refractivity contribution is 7.09. The summed E-state index contributed by atoms with van der Waals surface area (Å²) in [6, 6.07) is 0. The molecular formula is C16H32NO5P. The van der Waals surface area contributed by atoms with Gasteiger partial charge in [0.25, 0.3) is 0 Å². The second-order valence-corrected chi connectivity index (χ2v) is 7.66. The lowest BCUT2D eigenvalue weighted by molar-refractivity contribution is -0.313. The minimum Gasteiger partial charge on any atom is -0.464 e. The molecule has 1 fully saturated rings. The van der Waals surface area contributed by atoms with Crippen LogP contribution in [0.4, 0.5) is 0 Å². The lowest BCUT2D eigenvalue weighted by Crippen LogP contribution is -2.63. The first kappa shape index (κ1) is 20.8. The summed E-state index contributed by atoms with van der Waals surface area (Å²) in [5.41, 5.74) is -0.666. The van der Waals surface area contributed by atoms with E-state index in [0.717, 1.165) is 25.7 Å². The molecule has 2 unspecified atom stereocenters. The zero-order valence-corrected chi connectivity index (χ0v) is 16.2. The van der Waals surface area contributed by atoms with Crippen LogP contribution in [0.5, 0.6) is 0 Å². The standard InChI is InChI=1S/C16H32NO5P/c1-6-7-8-20-14(19)13(11-18)21-17-15(2,3)9-12(22-23)10-16(17,4)5/h12-13,18H,6-11,23H2,1-5H3. The number of aliphatic hydroxyl groups excluding tert-OH is 1. The molecule has 1 N–H and O–H groups in total. The molecule has 1 rings (SSSR count). The number of hydroxylamine groups is 2. The van der Waals surface area contributed by atoms with Crippen LogP contribution in [0, 0.1) is 0 Å². The normalized spacial score (nSPS) is 22.7. The summed E-state index contributed by atoms with van der Waals surface area (Å²) in [6.07, 6.45) is 2.39. The van der Waals surface area contributed by atoms with E-state index in [-0.39, 0.29) is 17.2 Å². The fraction of sp³-hybridized carbons (Fsp3) is 0.938. The van der Waals surface area contributed by atoms with Crippen molar-refractivity contribution in [1.82, 2.24) is 5.06 Å². The molecule has 2 atom stereocenters. The first-order valence-corrected chi connectivity index (χ1v) is 8.75. The van der Waals surface area contributed by atoms with E-state index in [4.69, 9.17) is 14.1 Å². The molecule has 1 aliphatic heterocycles. The third-order valence-corrected chi connectivity index (χ3v) is 4.53. The molecule has 0 spiro atoms. The number of ether oxygens (including phenoxy) is 1. The van der Waals surface area contributed by atoms with Gasteiger partial charge in [-0.25, -0.2) is 4.79 Å². The second-order valence-electron chi connectivity index (χ2n) is 7.38. The average molecular weight is 349 g/mol. The molecule has 23 heavy (non-hydrogen) atoms. The van der Waals surface area contributed by atoms with Crippen LogP contribution in [0.25, 0.3) is 0 Å². The quantitative estimate of drug-likeness (QED) is 0.412. The Morgan fingerprint density at radius 2 is 1.87 bits per heavy atom. The number of nitrogens with zero attached hydrogens (tertiary/aromatic N) is 1. The van der Waals surface area contributed by atoms with Gasteiger partial charge in [0.1, 0.15) is 0 Å². The van der Waals surface area contributed by atoms with Crippen molar-refractivity contribution in [2.75, 3.05) is 13.2 Å². The Labute approximate surface area is 142 Å². The third kappa shape index (κ3) is 5.64. The maximum absolute atomic E-state index is 12.1. The molecule has 0 aromatic rings. The maximum atomic E-state index is 12.1. The van der Waals surface area contributed by atoms with Gasteiger partial charge in [0, 0.05) is 20.5 Å². The Morgan fingerprint density at radius 3 is 2.30 bits per heavy atom. The van der Waals surface area contributed by atoms with Crippen LogP contribution < -0.4 is 0 Å². The summed E-state index contributed by atoms with van der Waals surface area (Å²) < 4.78 is 10.6. The molecule has 0 aromatic carbocycles. The Hall–Kier alpha value is -0.260. The number of esters is 1. The van der Waals surface area contributed by atoms with Gasteiger partial charge in [-0.3, -0.25) is 4.84 Å². The van der Waals surface area contributed by atoms with Crippen LogP contribution >= 0.6 is 9.47 Å². The number of carbonyl (C=O) groups is 1. The summed E-state index contributed by atoms with van der Waals surface area (Å²) in [7, 11) is 2.32. The topological polar surface area (TPSA) is 68.2 Å². The summed E-state index contributed by atoms with van der Waals surface area (Å²) in [4.78, 5) is 18.0. The van der Waals surface area contributed by atoms with Gasteiger partial charge in [-0.15, -0.1) is 0 Å². The molecule has 136 valence electrons. The van der Waals surface area contributed by atoms with E-state index in [9.17, 15) is 9.90 Å². The largest absolute Gasteiger partial charge is 0.464 e. The maximum Gasteiger partial charge on any atom is 0.339 e. The van der Waals surface area contributed by atoms with Gasteiger partial charge in [0.2, 0.25) is 0 Å². The molecule has 1 saturated heterocycles. The summed E-state index contributed by atoms with van der Waals surface area (Å²) in [5, 5.41) is 11.4. The smallest absolute Gasteiger partial charge is 0.339 e. The molecule has 0 saturated carbocycles. The number of unbranched alkanes of at least 4 members (excludes halogenated alkanes) is 1. The van der Waals surface area contributed by atoms with Gasteiger partial charge < -0.3 is 14.4 Å². The lowest BCUT2D eigenvalue weighted by Gasteiger charge is -2.53. The van der Waals surface area contributed by atoms with Crippen molar-refractivity contribution in [2.45, 2.75) is 83.6 Å². The van der Waals surface area contributed by atoms with E-state index in [1.807, 2.05) is 39.7 Å². The molecule has 7 heteroatoms. The third-order valence-electron chi connectivity index (χ3n) is 4.15. The number of carbonyl (C=O) groups excluding carboxylic acids is 1. The molecule has 1 heterocycles. The highest BCUT2D eigenvalue weighted by Crippen LogP contribution is 2.40. The van der Waals surface area contributed by atoms with Crippen molar-refractivity contribution >= 4 is 15.4 Å². The van der Waals surface area contributed by atoms with Crippen molar-refractivity contribution in [3.63, 3.8) is 0 Å².